The van der Waals surface area contributed by atoms with Crippen LogP contribution < -0.4 is 0 Å². The lowest BCUT2D eigenvalue weighted by molar-refractivity contribution is 0.182. The Kier molecular flexibility index (Phi) is 3.10. The van der Waals surface area contributed by atoms with E-state index in [2.05, 4.69) is 5.10 Å². The minimum Gasteiger partial charge on any atom is -0.458 e. The molecule has 20 heavy (non-hydrogen) atoms. The van der Waals surface area contributed by atoms with Crippen molar-refractivity contribution in [1.82, 2.24) is 9.78 Å². The molecule has 3 rings (SSSR count). The summed E-state index contributed by atoms with van der Waals surface area (Å²) in [6, 6.07) is 9.79. The van der Waals surface area contributed by atoms with Gasteiger partial charge in [0.1, 0.15) is 11.3 Å². The molecule has 0 aliphatic carbocycles. The van der Waals surface area contributed by atoms with Crippen molar-refractivity contribution in [3.63, 3.8) is 0 Å². The second kappa shape index (κ2) is 4.80. The predicted octanol–water partition coefficient (Wildman–Crippen LogP) is 3.12. The van der Waals surface area contributed by atoms with Crippen molar-refractivity contribution in [2.24, 2.45) is 7.05 Å². The molecule has 3 aromatic rings. The third kappa shape index (κ3) is 2.02. The molecule has 4 heteroatoms. The highest BCUT2D eigenvalue weighted by atomic mass is 16.4. The minimum absolute atomic E-state index is 0.556. The molecule has 1 atom stereocenters. The first-order valence-electron chi connectivity index (χ1n) is 6.80. The number of aliphatic hydroxyl groups excluding tert-OH is 1. The SMILES string of the molecule is CCc1cc(C(O)c2cc3cccc(C)c3o2)n(C)n1. The summed E-state index contributed by atoms with van der Waals surface area (Å²) in [5, 5.41) is 15.9. The average Bonchev–Trinajstić information content (AvgIpc) is 3.02. The van der Waals surface area contributed by atoms with Gasteiger partial charge < -0.3 is 9.52 Å². The molecule has 0 aliphatic heterocycles. The summed E-state index contributed by atoms with van der Waals surface area (Å²) in [7, 11) is 1.84. The Bertz CT molecular complexity index is 755. The van der Waals surface area contributed by atoms with Gasteiger partial charge in [-0.1, -0.05) is 25.1 Å². The monoisotopic (exact) mass is 270 g/mol. The molecule has 0 saturated carbocycles. The van der Waals surface area contributed by atoms with Crippen molar-refractivity contribution in [2.45, 2.75) is 26.4 Å². The van der Waals surface area contributed by atoms with E-state index in [1.807, 2.05) is 51.2 Å². The molecule has 0 spiro atoms. The zero-order valence-electron chi connectivity index (χ0n) is 11.9. The number of para-hydroxylation sites is 1. The van der Waals surface area contributed by atoms with Crippen molar-refractivity contribution in [3.8, 4) is 0 Å². The van der Waals surface area contributed by atoms with Crippen molar-refractivity contribution >= 4 is 11.0 Å². The second-order valence-corrected chi connectivity index (χ2v) is 5.08. The first-order valence-corrected chi connectivity index (χ1v) is 6.80. The molecule has 104 valence electrons. The number of nitrogens with zero attached hydrogens (tertiary/aromatic N) is 2. The molecule has 1 aromatic carbocycles. The first-order chi connectivity index (χ1) is 9.60. The number of hydrogen-bond acceptors (Lipinski definition) is 3. The van der Waals surface area contributed by atoms with Crippen LogP contribution in [0, 0.1) is 6.92 Å². The van der Waals surface area contributed by atoms with Gasteiger partial charge in [-0.3, -0.25) is 4.68 Å². The van der Waals surface area contributed by atoms with E-state index in [1.165, 1.54) is 0 Å². The summed E-state index contributed by atoms with van der Waals surface area (Å²) >= 11 is 0. The number of aromatic nitrogens is 2. The molecule has 4 nitrogen and oxygen atoms in total. The van der Waals surface area contributed by atoms with Gasteiger partial charge in [-0.25, -0.2) is 0 Å². The van der Waals surface area contributed by atoms with E-state index in [0.29, 0.717) is 5.76 Å². The maximum absolute atomic E-state index is 10.5. The molecule has 1 N–H and O–H groups in total. The highest BCUT2D eigenvalue weighted by Gasteiger charge is 2.20. The molecular formula is C16H18N2O2. The van der Waals surface area contributed by atoms with E-state index in [4.69, 9.17) is 4.42 Å². The van der Waals surface area contributed by atoms with Crippen LogP contribution in [0.4, 0.5) is 0 Å². The van der Waals surface area contributed by atoms with Gasteiger partial charge in [0.25, 0.3) is 0 Å². The van der Waals surface area contributed by atoms with Crippen LogP contribution in [0.2, 0.25) is 0 Å². The lowest BCUT2D eigenvalue weighted by Gasteiger charge is -2.07. The van der Waals surface area contributed by atoms with Gasteiger partial charge in [0.05, 0.1) is 11.4 Å². The molecule has 1 unspecified atom stereocenters. The average molecular weight is 270 g/mol. The number of benzene rings is 1. The molecule has 2 heterocycles. The molecule has 0 fully saturated rings. The maximum atomic E-state index is 10.5. The zero-order valence-corrected chi connectivity index (χ0v) is 11.9. The zero-order chi connectivity index (χ0) is 14.3. The summed E-state index contributed by atoms with van der Waals surface area (Å²) in [4.78, 5) is 0. The summed E-state index contributed by atoms with van der Waals surface area (Å²) in [5.74, 6) is 0.556. The van der Waals surface area contributed by atoms with E-state index in [-0.39, 0.29) is 0 Å². The second-order valence-electron chi connectivity index (χ2n) is 5.08. The Hall–Kier alpha value is -2.07. The molecule has 0 radical (unpaired) electrons. The number of fused-ring (bicyclic) bond motifs is 1. The van der Waals surface area contributed by atoms with Crippen molar-refractivity contribution in [3.05, 3.63) is 53.0 Å². The van der Waals surface area contributed by atoms with Gasteiger partial charge in [-0.15, -0.1) is 0 Å². The Labute approximate surface area is 117 Å². The number of rotatable bonds is 3. The Morgan fingerprint density at radius 1 is 1.35 bits per heavy atom. The lowest BCUT2D eigenvalue weighted by Crippen LogP contribution is -2.05. The van der Waals surface area contributed by atoms with Crippen molar-refractivity contribution in [2.75, 3.05) is 0 Å². The third-order valence-corrected chi connectivity index (χ3v) is 3.64. The largest absolute Gasteiger partial charge is 0.458 e. The van der Waals surface area contributed by atoms with E-state index in [0.717, 1.165) is 34.3 Å². The smallest absolute Gasteiger partial charge is 0.153 e. The fourth-order valence-corrected chi connectivity index (χ4v) is 2.48. The topological polar surface area (TPSA) is 51.2 Å². The van der Waals surface area contributed by atoms with Gasteiger partial charge >= 0.3 is 0 Å². The van der Waals surface area contributed by atoms with Crippen LogP contribution in [-0.2, 0) is 13.5 Å². The molecule has 0 aliphatic rings. The number of hydrogen-bond donors (Lipinski definition) is 1. The molecule has 0 bridgehead atoms. The molecule has 0 amide bonds. The molecule has 2 aromatic heterocycles. The van der Waals surface area contributed by atoms with Crippen LogP contribution >= 0.6 is 0 Å². The van der Waals surface area contributed by atoms with Crippen LogP contribution in [0.3, 0.4) is 0 Å². The van der Waals surface area contributed by atoms with Crippen LogP contribution in [0.15, 0.2) is 34.7 Å². The van der Waals surface area contributed by atoms with Gasteiger partial charge in [-0.05, 0) is 31.0 Å². The standard InChI is InChI=1S/C16H18N2O2/c1-4-12-9-13(18(3)17-12)15(19)14-8-11-7-5-6-10(2)16(11)20-14/h5-9,15,19H,4H2,1-3H3. The van der Waals surface area contributed by atoms with Gasteiger partial charge in [-0.2, -0.15) is 5.10 Å². The number of aryl methyl sites for hydroxylation is 3. The van der Waals surface area contributed by atoms with Gasteiger partial charge in [0.2, 0.25) is 0 Å². The van der Waals surface area contributed by atoms with E-state index >= 15 is 0 Å². The molecule has 0 saturated heterocycles. The summed E-state index contributed by atoms with van der Waals surface area (Å²) in [5.41, 5.74) is 3.62. The van der Waals surface area contributed by atoms with E-state index in [1.54, 1.807) is 4.68 Å². The Morgan fingerprint density at radius 3 is 2.80 bits per heavy atom. The van der Waals surface area contributed by atoms with Crippen molar-refractivity contribution in [1.29, 1.82) is 0 Å². The lowest BCUT2D eigenvalue weighted by atomic mass is 10.1. The highest BCUT2D eigenvalue weighted by molar-refractivity contribution is 5.81. The molecular weight excluding hydrogens is 252 g/mol. The quantitative estimate of drug-likeness (QED) is 0.795. The fraction of sp³-hybridized carbons (Fsp3) is 0.312. The summed E-state index contributed by atoms with van der Waals surface area (Å²) in [6.45, 7) is 4.05. The summed E-state index contributed by atoms with van der Waals surface area (Å²) in [6.07, 6.45) is 0.0550. The third-order valence-electron chi connectivity index (χ3n) is 3.64. The van der Waals surface area contributed by atoms with Crippen LogP contribution in [-0.4, -0.2) is 14.9 Å². The number of furan rings is 1. The van der Waals surface area contributed by atoms with E-state index < -0.39 is 6.10 Å². The van der Waals surface area contributed by atoms with Crippen LogP contribution in [0.25, 0.3) is 11.0 Å². The van der Waals surface area contributed by atoms with Gasteiger partial charge in [0, 0.05) is 12.4 Å². The van der Waals surface area contributed by atoms with Crippen LogP contribution in [0.1, 0.15) is 35.7 Å². The normalized spacial score (nSPS) is 13.0. The fourth-order valence-electron chi connectivity index (χ4n) is 2.48. The van der Waals surface area contributed by atoms with Crippen LogP contribution in [0.5, 0.6) is 0 Å². The Morgan fingerprint density at radius 2 is 2.15 bits per heavy atom. The number of aliphatic hydroxyl groups is 1. The van der Waals surface area contributed by atoms with Gasteiger partial charge in [0.15, 0.2) is 6.10 Å². The predicted molar refractivity (Wildman–Crippen MR) is 77.6 cm³/mol. The minimum atomic E-state index is -0.792. The maximum Gasteiger partial charge on any atom is 0.153 e. The highest BCUT2D eigenvalue weighted by Crippen LogP contribution is 2.29. The Balaban J connectivity index is 2.05. The first kappa shape index (κ1) is 12.9. The van der Waals surface area contributed by atoms with Crippen molar-refractivity contribution < 1.29 is 9.52 Å². The van der Waals surface area contributed by atoms with E-state index in [9.17, 15) is 5.11 Å². The summed E-state index contributed by atoms with van der Waals surface area (Å²) < 4.78 is 7.53.